The molecule has 0 radical (unpaired) electrons. The molecule has 0 bridgehead atoms. The van der Waals surface area contributed by atoms with Crippen LogP contribution < -0.4 is 5.73 Å². The highest BCUT2D eigenvalue weighted by Crippen LogP contribution is 2.15. The van der Waals surface area contributed by atoms with E-state index >= 15 is 0 Å². The summed E-state index contributed by atoms with van der Waals surface area (Å²) < 4.78 is 5.49. The number of hydrogen-bond donors (Lipinski definition) is 2. The molecule has 0 aromatic carbocycles. The summed E-state index contributed by atoms with van der Waals surface area (Å²) in [5.74, 6) is 0. The Bertz CT molecular complexity index is 373. The highest BCUT2D eigenvalue weighted by Gasteiger charge is 2.25. The summed E-state index contributed by atoms with van der Waals surface area (Å²) in [6.07, 6.45) is 1.63. The summed E-state index contributed by atoms with van der Waals surface area (Å²) in [5, 5.41) is 9.12. The summed E-state index contributed by atoms with van der Waals surface area (Å²) in [5.41, 5.74) is 7.41. The van der Waals surface area contributed by atoms with Gasteiger partial charge in [-0.2, -0.15) is 0 Å². The van der Waals surface area contributed by atoms with Crippen molar-refractivity contribution in [1.29, 1.82) is 0 Å². The Morgan fingerprint density at radius 1 is 1.65 bits per heavy atom. The third-order valence-corrected chi connectivity index (χ3v) is 3.04. The van der Waals surface area contributed by atoms with Crippen molar-refractivity contribution >= 4 is 5.69 Å². The molecule has 1 saturated heterocycles. The lowest BCUT2D eigenvalue weighted by Crippen LogP contribution is -2.48. The second kappa shape index (κ2) is 5.44. The lowest BCUT2D eigenvalue weighted by atomic mass is 10.2. The van der Waals surface area contributed by atoms with Crippen molar-refractivity contribution in [2.24, 2.45) is 0 Å². The highest BCUT2D eigenvalue weighted by molar-refractivity contribution is 5.37. The quantitative estimate of drug-likeness (QED) is 0.788. The van der Waals surface area contributed by atoms with Crippen LogP contribution in [0.5, 0.6) is 0 Å². The van der Waals surface area contributed by atoms with Crippen LogP contribution >= 0.6 is 0 Å². The summed E-state index contributed by atoms with van der Waals surface area (Å²) in [4.78, 5) is 6.55. The number of ether oxygens (including phenoxy) is 1. The van der Waals surface area contributed by atoms with Crippen LogP contribution in [-0.4, -0.2) is 46.9 Å². The van der Waals surface area contributed by atoms with Crippen molar-refractivity contribution in [3.8, 4) is 0 Å². The van der Waals surface area contributed by atoms with E-state index in [-0.39, 0.29) is 12.7 Å². The van der Waals surface area contributed by atoms with Crippen molar-refractivity contribution in [2.45, 2.75) is 25.6 Å². The van der Waals surface area contributed by atoms with Crippen molar-refractivity contribution in [1.82, 2.24) is 9.88 Å². The summed E-state index contributed by atoms with van der Waals surface area (Å²) in [7, 11) is 0. The van der Waals surface area contributed by atoms with E-state index in [1.165, 1.54) is 0 Å². The van der Waals surface area contributed by atoms with Gasteiger partial charge in [-0.25, -0.2) is 0 Å². The van der Waals surface area contributed by atoms with Gasteiger partial charge in [0.2, 0.25) is 0 Å². The van der Waals surface area contributed by atoms with E-state index in [9.17, 15) is 0 Å². The number of aliphatic hydroxyl groups excluding tert-OH is 1. The predicted octanol–water partition coefficient (Wildman–Crippen LogP) is 0.245. The molecular formula is C12H19N3O2. The van der Waals surface area contributed by atoms with E-state index in [2.05, 4.69) is 16.8 Å². The van der Waals surface area contributed by atoms with Gasteiger partial charge in [-0.1, -0.05) is 0 Å². The van der Waals surface area contributed by atoms with Crippen molar-refractivity contribution in [3.63, 3.8) is 0 Å². The first-order chi connectivity index (χ1) is 8.19. The molecule has 17 heavy (non-hydrogen) atoms. The zero-order valence-electron chi connectivity index (χ0n) is 10.0. The minimum Gasteiger partial charge on any atom is -0.399 e. The maximum Gasteiger partial charge on any atom is 0.0933 e. The summed E-state index contributed by atoms with van der Waals surface area (Å²) in [6.45, 7) is 4.29. The van der Waals surface area contributed by atoms with Crippen LogP contribution in [0.4, 0.5) is 5.69 Å². The van der Waals surface area contributed by atoms with Crippen LogP contribution in [0.15, 0.2) is 18.3 Å². The molecule has 2 unspecified atom stereocenters. The number of nitrogens with two attached hydrogens (primary N) is 1. The van der Waals surface area contributed by atoms with Crippen LogP contribution in [0.1, 0.15) is 12.6 Å². The fourth-order valence-electron chi connectivity index (χ4n) is 2.00. The SMILES string of the molecule is CC1COC(CO)CN1Cc1cc(N)ccn1. The molecule has 1 aromatic rings. The van der Waals surface area contributed by atoms with Crippen LogP contribution in [0.3, 0.4) is 0 Å². The van der Waals surface area contributed by atoms with Gasteiger partial charge in [-0.05, 0) is 19.1 Å². The van der Waals surface area contributed by atoms with Crippen LogP contribution in [-0.2, 0) is 11.3 Å². The Balaban J connectivity index is 2.01. The molecule has 5 nitrogen and oxygen atoms in total. The van der Waals surface area contributed by atoms with Crippen molar-refractivity contribution in [3.05, 3.63) is 24.0 Å². The number of anilines is 1. The molecule has 1 aliphatic heterocycles. The average Bonchev–Trinajstić information content (AvgIpc) is 2.32. The Morgan fingerprint density at radius 3 is 3.18 bits per heavy atom. The largest absolute Gasteiger partial charge is 0.399 e. The molecule has 94 valence electrons. The first kappa shape index (κ1) is 12.3. The van der Waals surface area contributed by atoms with E-state index in [4.69, 9.17) is 15.6 Å². The first-order valence-corrected chi connectivity index (χ1v) is 5.86. The second-order valence-electron chi connectivity index (χ2n) is 4.50. The molecule has 0 spiro atoms. The van der Waals surface area contributed by atoms with Crippen LogP contribution in [0, 0.1) is 0 Å². The minimum atomic E-state index is -0.0905. The summed E-state index contributed by atoms with van der Waals surface area (Å²) >= 11 is 0. The smallest absolute Gasteiger partial charge is 0.0933 e. The van der Waals surface area contributed by atoms with Crippen LogP contribution in [0.25, 0.3) is 0 Å². The molecule has 5 heteroatoms. The Hall–Kier alpha value is -1.17. The average molecular weight is 237 g/mol. The topological polar surface area (TPSA) is 71.6 Å². The molecule has 0 amide bonds. The van der Waals surface area contributed by atoms with Gasteiger partial charge < -0.3 is 15.6 Å². The molecule has 2 heterocycles. The lowest BCUT2D eigenvalue weighted by Gasteiger charge is -2.37. The zero-order chi connectivity index (χ0) is 12.3. The number of nitrogens with zero attached hydrogens (tertiary/aromatic N) is 2. The molecule has 2 rings (SSSR count). The number of rotatable bonds is 3. The monoisotopic (exact) mass is 237 g/mol. The molecule has 0 saturated carbocycles. The van der Waals surface area contributed by atoms with Gasteiger partial charge >= 0.3 is 0 Å². The highest BCUT2D eigenvalue weighted by atomic mass is 16.5. The van der Waals surface area contributed by atoms with Gasteiger partial charge in [0.05, 0.1) is 25.0 Å². The molecule has 3 N–H and O–H groups in total. The fraction of sp³-hybridized carbons (Fsp3) is 0.583. The first-order valence-electron chi connectivity index (χ1n) is 5.86. The molecule has 2 atom stereocenters. The Morgan fingerprint density at radius 2 is 2.47 bits per heavy atom. The third-order valence-electron chi connectivity index (χ3n) is 3.04. The van der Waals surface area contributed by atoms with Gasteiger partial charge in [0.25, 0.3) is 0 Å². The molecule has 1 aromatic heterocycles. The maximum absolute atomic E-state index is 9.12. The van der Waals surface area contributed by atoms with Crippen LogP contribution in [0.2, 0.25) is 0 Å². The number of morpholine rings is 1. The number of nitrogen functional groups attached to an aromatic ring is 1. The molecular weight excluding hydrogens is 218 g/mol. The van der Waals surface area contributed by atoms with E-state index in [1.54, 1.807) is 12.3 Å². The van der Waals surface area contributed by atoms with Gasteiger partial charge in [0.15, 0.2) is 0 Å². The van der Waals surface area contributed by atoms with E-state index in [0.29, 0.717) is 12.6 Å². The van der Waals surface area contributed by atoms with E-state index in [0.717, 1.165) is 24.5 Å². The molecule has 0 aliphatic carbocycles. The standard InChI is InChI=1S/C12H19N3O2/c1-9-8-17-12(7-16)6-15(9)5-11-4-10(13)2-3-14-11/h2-4,9,12,16H,5-8H2,1H3,(H2,13,14). The molecule has 1 fully saturated rings. The Labute approximate surface area is 101 Å². The lowest BCUT2D eigenvalue weighted by molar-refractivity contribution is -0.0808. The maximum atomic E-state index is 9.12. The fourth-order valence-corrected chi connectivity index (χ4v) is 2.00. The third kappa shape index (κ3) is 3.15. The number of hydrogen-bond acceptors (Lipinski definition) is 5. The van der Waals surface area contributed by atoms with Crippen molar-refractivity contribution < 1.29 is 9.84 Å². The van der Waals surface area contributed by atoms with E-state index < -0.39 is 0 Å². The number of aromatic nitrogens is 1. The summed E-state index contributed by atoms with van der Waals surface area (Å²) in [6, 6.07) is 4.00. The van der Waals surface area contributed by atoms with Gasteiger partial charge in [0, 0.05) is 31.0 Å². The molecule has 1 aliphatic rings. The van der Waals surface area contributed by atoms with Gasteiger partial charge in [-0.15, -0.1) is 0 Å². The number of aliphatic hydroxyl groups is 1. The predicted molar refractivity (Wildman–Crippen MR) is 65.3 cm³/mol. The minimum absolute atomic E-state index is 0.0631. The van der Waals surface area contributed by atoms with Gasteiger partial charge in [-0.3, -0.25) is 9.88 Å². The van der Waals surface area contributed by atoms with Gasteiger partial charge in [0.1, 0.15) is 0 Å². The zero-order valence-corrected chi connectivity index (χ0v) is 10.0. The number of pyridine rings is 1. The van der Waals surface area contributed by atoms with E-state index in [1.807, 2.05) is 6.07 Å². The second-order valence-corrected chi connectivity index (χ2v) is 4.50. The Kier molecular flexibility index (Phi) is 3.93. The van der Waals surface area contributed by atoms with Crippen molar-refractivity contribution in [2.75, 3.05) is 25.5 Å². The normalized spacial score (nSPS) is 26.0.